The van der Waals surface area contributed by atoms with Gasteiger partial charge in [0.05, 0.1) is 12.2 Å². The number of methoxy groups -OCH3 is 1. The predicted molar refractivity (Wildman–Crippen MR) is 88.7 cm³/mol. The van der Waals surface area contributed by atoms with E-state index in [0.29, 0.717) is 24.4 Å². The van der Waals surface area contributed by atoms with Gasteiger partial charge in [-0.3, -0.25) is 4.79 Å². The summed E-state index contributed by atoms with van der Waals surface area (Å²) in [5.41, 5.74) is 2.83. The molecule has 0 unspecified atom stereocenters. The Hall–Kier alpha value is -2.58. The molecule has 1 aromatic heterocycles. The average molecular weight is 311 g/mol. The number of aryl methyl sites for hydroxylation is 1. The Labute approximate surface area is 136 Å². The third-order valence-electron chi connectivity index (χ3n) is 3.58. The van der Waals surface area contributed by atoms with E-state index in [-0.39, 0.29) is 5.91 Å². The number of hydrogen-bond donors (Lipinski definition) is 1. The van der Waals surface area contributed by atoms with Crippen LogP contribution in [0.3, 0.4) is 0 Å². The Morgan fingerprint density at radius 3 is 2.83 bits per heavy atom. The van der Waals surface area contributed by atoms with Crippen LogP contribution in [0.15, 0.2) is 36.5 Å². The summed E-state index contributed by atoms with van der Waals surface area (Å²) in [6.07, 6.45) is 3.71. The fourth-order valence-corrected chi connectivity index (χ4v) is 2.53. The highest BCUT2D eigenvalue weighted by molar-refractivity contribution is 5.96. The fourth-order valence-electron chi connectivity index (χ4n) is 2.53. The van der Waals surface area contributed by atoms with Crippen LogP contribution in [0.2, 0.25) is 0 Å². The monoisotopic (exact) mass is 311 g/mol. The molecule has 5 heteroatoms. The number of aromatic nitrogens is 1. The van der Waals surface area contributed by atoms with Crippen LogP contribution in [-0.4, -0.2) is 30.7 Å². The number of nitriles is 1. The Kier molecular flexibility index (Phi) is 5.95. The average Bonchev–Trinajstić information content (AvgIpc) is 2.99. The van der Waals surface area contributed by atoms with Gasteiger partial charge in [-0.05, 0) is 24.1 Å². The molecule has 5 nitrogen and oxygen atoms in total. The molecule has 0 aliphatic carbocycles. The lowest BCUT2D eigenvalue weighted by Crippen LogP contribution is -2.29. The van der Waals surface area contributed by atoms with Crippen molar-refractivity contribution in [2.45, 2.75) is 19.8 Å². The summed E-state index contributed by atoms with van der Waals surface area (Å²) >= 11 is 0. The van der Waals surface area contributed by atoms with E-state index in [4.69, 9.17) is 4.74 Å². The first-order valence-corrected chi connectivity index (χ1v) is 7.69. The molecule has 120 valence electrons. The van der Waals surface area contributed by atoms with E-state index >= 15 is 0 Å². The molecule has 0 fully saturated rings. The minimum atomic E-state index is -0.269. The van der Waals surface area contributed by atoms with Crippen LogP contribution in [0.1, 0.15) is 35.0 Å². The molecule has 1 aromatic carbocycles. The van der Waals surface area contributed by atoms with Crippen molar-refractivity contribution < 1.29 is 9.53 Å². The highest BCUT2D eigenvalue weighted by atomic mass is 16.5. The molecule has 0 saturated carbocycles. The number of amides is 1. The van der Waals surface area contributed by atoms with Crippen molar-refractivity contribution in [1.82, 2.24) is 9.88 Å². The molecule has 0 aliphatic heterocycles. The Bertz CT molecular complexity index is 713. The largest absolute Gasteiger partial charge is 0.383 e. The number of carbonyl (C=O) groups is 1. The van der Waals surface area contributed by atoms with Gasteiger partial charge in [-0.1, -0.05) is 31.5 Å². The number of nitrogens with zero attached hydrogens (tertiary/aromatic N) is 2. The molecular weight excluding hydrogens is 290 g/mol. The summed E-state index contributed by atoms with van der Waals surface area (Å²) in [5.74, 6) is -0.269. The topological polar surface area (TPSA) is 67.0 Å². The fraction of sp³-hybridized carbons (Fsp3) is 0.333. The Balaban J connectivity index is 2.43. The number of nitrogens with one attached hydrogen (secondary N) is 1. The molecule has 0 atom stereocenters. The standard InChI is InChI=1S/C18H21N3O2/c1-3-6-14-7-4-5-8-16(14)21-11-9-15(13-19)17(21)18(22)20-10-12-23-2/h4-5,7-9,11H,3,6,10,12H2,1-2H3,(H,20,22). The molecule has 2 aromatic rings. The zero-order valence-electron chi connectivity index (χ0n) is 13.5. The maximum Gasteiger partial charge on any atom is 0.269 e. The number of carbonyl (C=O) groups excluding carboxylic acids is 1. The number of rotatable bonds is 7. The maximum absolute atomic E-state index is 12.5. The van der Waals surface area contributed by atoms with E-state index in [1.165, 1.54) is 0 Å². The molecule has 23 heavy (non-hydrogen) atoms. The first-order valence-electron chi connectivity index (χ1n) is 7.69. The van der Waals surface area contributed by atoms with Gasteiger partial charge in [0.2, 0.25) is 0 Å². The van der Waals surface area contributed by atoms with Crippen LogP contribution >= 0.6 is 0 Å². The molecule has 1 amide bonds. The van der Waals surface area contributed by atoms with Crippen LogP contribution < -0.4 is 5.32 Å². The second kappa shape index (κ2) is 8.16. The lowest BCUT2D eigenvalue weighted by atomic mass is 10.1. The van der Waals surface area contributed by atoms with Gasteiger partial charge in [0, 0.05) is 25.5 Å². The lowest BCUT2D eigenvalue weighted by Gasteiger charge is -2.14. The van der Waals surface area contributed by atoms with Crippen molar-refractivity contribution in [2.24, 2.45) is 0 Å². The summed E-state index contributed by atoms with van der Waals surface area (Å²) in [6.45, 7) is 2.95. The third kappa shape index (κ3) is 3.79. The van der Waals surface area contributed by atoms with Crippen LogP contribution in [0, 0.1) is 11.3 Å². The SMILES string of the molecule is CCCc1ccccc1-n1ccc(C#N)c1C(=O)NCCOC. The number of para-hydroxylation sites is 1. The van der Waals surface area contributed by atoms with Gasteiger partial charge >= 0.3 is 0 Å². The van der Waals surface area contributed by atoms with E-state index in [1.54, 1.807) is 23.9 Å². The summed E-state index contributed by atoms with van der Waals surface area (Å²) < 4.78 is 6.74. The van der Waals surface area contributed by atoms with Gasteiger partial charge in [-0.25, -0.2) is 0 Å². The van der Waals surface area contributed by atoms with E-state index < -0.39 is 0 Å². The van der Waals surface area contributed by atoms with Crippen LogP contribution in [0.25, 0.3) is 5.69 Å². The van der Waals surface area contributed by atoms with Crippen LogP contribution in [0.5, 0.6) is 0 Å². The molecule has 0 saturated heterocycles. The van der Waals surface area contributed by atoms with Crippen molar-refractivity contribution >= 4 is 5.91 Å². The molecule has 0 bridgehead atoms. The Morgan fingerprint density at radius 1 is 1.35 bits per heavy atom. The van der Waals surface area contributed by atoms with Gasteiger partial charge in [0.1, 0.15) is 11.8 Å². The molecule has 2 rings (SSSR count). The van der Waals surface area contributed by atoms with E-state index in [2.05, 4.69) is 24.4 Å². The Morgan fingerprint density at radius 2 is 2.13 bits per heavy atom. The van der Waals surface area contributed by atoms with E-state index in [1.807, 2.05) is 18.2 Å². The van der Waals surface area contributed by atoms with Crippen LogP contribution in [0.4, 0.5) is 0 Å². The van der Waals surface area contributed by atoms with Crippen LogP contribution in [-0.2, 0) is 11.2 Å². The zero-order chi connectivity index (χ0) is 16.7. The minimum absolute atomic E-state index is 0.269. The maximum atomic E-state index is 12.5. The lowest BCUT2D eigenvalue weighted by molar-refractivity contribution is 0.0930. The van der Waals surface area contributed by atoms with Crippen molar-refractivity contribution in [3.05, 3.63) is 53.3 Å². The second-order valence-electron chi connectivity index (χ2n) is 5.19. The van der Waals surface area contributed by atoms with Crippen molar-refractivity contribution in [1.29, 1.82) is 5.26 Å². The highest BCUT2D eigenvalue weighted by Crippen LogP contribution is 2.21. The smallest absolute Gasteiger partial charge is 0.269 e. The molecule has 1 N–H and O–H groups in total. The molecule has 0 aliphatic rings. The van der Waals surface area contributed by atoms with Crippen molar-refractivity contribution in [3.63, 3.8) is 0 Å². The summed E-state index contributed by atoms with van der Waals surface area (Å²) in [6, 6.07) is 11.7. The second-order valence-corrected chi connectivity index (χ2v) is 5.19. The molecule has 1 heterocycles. The highest BCUT2D eigenvalue weighted by Gasteiger charge is 2.19. The normalized spacial score (nSPS) is 10.3. The van der Waals surface area contributed by atoms with Crippen molar-refractivity contribution in [2.75, 3.05) is 20.3 Å². The quantitative estimate of drug-likeness (QED) is 0.799. The zero-order valence-corrected chi connectivity index (χ0v) is 13.5. The van der Waals surface area contributed by atoms with Crippen molar-refractivity contribution in [3.8, 4) is 11.8 Å². The first-order chi connectivity index (χ1) is 11.2. The third-order valence-corrected chi connectivity index (χ3v) is 3.58. The van der Waals surface area contributed by atoms with E-state index in [9.17, 15) is 10.1 Å². The van der Waals surface area contributed by atoms with Gasteiger partial charge in [-0.2, -0.15) is 5.26 Å². The number of ether oxygens (including phenoxy) is 1. The predicted octanol–water partition coefficient (Wildman–Crippen LogP) is 2.68. The van der Waals surface area contributed by atoms with Gasteiger partial charge in [-0.15, -0.1) is 0 Å². The molecular formula is C18H21N3O2. The minimum Gasteiger partial charge on any atom is -0.383 e. The number of hydrogen-bond acceptors (Lipinski definition) is 3. The molecule has 0 radical (unpaired) electrons. The summed E-state index contributed by atoms with van der Waals surface area (Å²) in [4.78, 5) is 12.5. The molecule has 0 spiro atoms. The first kappa shape index (κ1) is 16.8. The summed E-state index contributed by atoms with van der Waals surface area (Å²) in [7, 11) is 1.58. The van der Waals surface area contributed by atoms with Gasteiger partial charge in [0.25, 0.3) is 5.91 Å². The summed E-state index contributed by atoms with van der Waals surface area (Å²) in [5, 5.41) is 12.1. The van der Waals surface area contributed by atoms with Gasteiger partial charge in [0.15, 0.2) is 0 Å². The van der Waals surface area contributed by atoms with E-state index in [0.717, 1.165) is 24.1 Å². The van der Waals surface area contributed by atoms with Gasteiger partial charge < -0.3 is 14.6 Å². The number of benzene rings is 1.